The van der Waals surface area contributed by atoms with Crippen molar-refractivity contribution in [3.63, 3.8) is 0 Å². The van der Waals surface area contributed by atoms with Crippen LogP contribution >= 0.6 is 23.2 Å². The fourth-order valence-corrected chi connectivity index (χ4v) is 3.38. The van der Waals surface area contributed by atoms with E-state index in [0.717, 1.165) is 12.8 Å². The highest BCUT2D eigenvalue weighted by Gasteiger charge is 2.27. The van der Waals surface area contributed by atoms with Crippen molar-refractivity contribution < 1.29 is 4.74 Å². The highest BCUT2D eigenvalue weighted by Crippen LogP contribution is 2.43. The lowest BCUT2D eigenvalue weighted by molar-refractivity contribution is 0.0859. The van der Waals surface area contributed by atoms with E-state index in [4.69, 9.17) is 27.9 Å². The maximum absolute atomic E-state index is 6.16. The van der Waals surface area contributed by atoms with Crippen molar-refractivity contribution in [2.45, 2.75) is 24.9 Å². The Morgan fingerprint density at radius 3 is 2.40 bits per heavy atom. The monoisotopic (exact) mass is 306 g/mol. The molecule has 1 aliphatic carbocycles. The van der Waals surface area contributed by atoms with Crippen LogP contribution in [0.25, 0.3) is 0 Å². The third-order valence-electron chi connectivity index (χ3n) is 4.07. The molecule has 0 amide bonds. The first-order valence-electron chi connectivity index (χ1n) is 6.77. The zero-order chi connectivity index (χ0) is 14.1. The predicted octanol–water partition coefficient (Wildman–Crippen LogP) is 5.61. The zero-order valence-corrected chi connectivity index (χ0v) is 12.8. The molecular weight excluding hydrogens is 291 g/mol. The summed E-state index contributed by atoms with van der Waals surface area (Å²) < 4.78 is 5.60. The van der Waals surface area contributed by atoms with Crippen LogP contribution in [0.1, 0.15) is 41.6 Å². The standard InChI is InChI=1S/C17H16Cl2O/c1-20-17-9-7-12(13-4-2-3-5-14(13)17)11-6-8-15(18)16(19)10-11/h2-6,8,10,12,17H,7,9H2,1H3/t12-,17?/m0/s1. The fraction of sp³-hybridized carbons (Fsp3) is 0.294. The maximum atomic E-state index is 6.16. The molecular formula is C17H16Cl2O. The van der Waals surface area contributed by atoms with E-state index >= 15 is 0 Å². The Morgan fingerprint density at radius 2 is 1.70 bits per heavy atom. The molecule has 104 valence electrons. The molecule has 3 rings (SSSR count). The van der Waals surface area contributed by atoms with Gasteiger partial charge in [0, 0.05) is 13.0 Å². The average molecular weight is 307 g/mol. The van der Waals surface area contributed by atoms with E-state index < -0.39 is 0 Å². The molecule has 0 aliphatic heterocycles. The number of halogens is 2. The molecule has 0 heterocycles. The topological polar surface area (TPSA) is 9.23 Å². The molecule has 1 aliphatic rings. The van der Waals surface area contributed by atoms with Crippen LogP contribution in [0.15, 0.2) is 42.5 Å². The normalized spacial score (nSPS) is 21.6. The molecule has 0 N–H and O–H groups in total. The Labute approximate surface area is 129 Å². The number of methoxy groups -OCH3 is 1. The van der Waals surface area contributed by atoms with E-state index in [0.29, 0.717) is 16.0 Å². The first-order chi connectivity index (χ1) is 9.70. The molecule has 1 nitrogen and oxygen atoms in total. The second-order valence-corrected chi connectivity index (χ2v) is 5.97. The third-order valence-corrected chi connectivity index (χ3v) is 4.81. The second kappa shape index (κ2) is 5.77. The minimum Gasteiger partial charge on any atom is -0.377 e. The van der Waals surface area contributed by atoms with Gasteiger partial charge in [0.1, 0.15) is 0 Å². The summed E-state index contributed by atoms with van der Waals surface area (Å²) in [7, 11) is 1.78. The fourth-order valence-electron chi connectivity index (χ4n) is 3.07. The number of ether oxygens (including phenoxy) is 1. The van der Waals surface area contributed by atoms with Crippen LogP contribution in [0.3, 0.4) is 0 Å². The SMILES string of the molecule is COC1CC[C@@H](c2ccc(Cl)c(Cl)c2)c2ccccc21. The van der Waals surface area contributed by atoms with Gasteiger partial charge >= 0.3 is 0 Å². The van der Waals surface area contributed by atoms with Crippen molar-refractivity contribution in [1.82, 2.24) is 0 Å². The van der Waals surface area contributed by atoms with Crippen LogP contribution in [0, 0.1) is 0 Å². The quantitative estimate of drug-likeness (QED) is 0.701. The summed E-state index contributed by atoms with van der Waals surface area (Å²) in [4.78, 5) is 0. The number of hydrogen-bond donors (Lipinski definition) is 0. The van der Waals surface area contributed by atoms with Gasteiger partial charge in [0.05, 0.1) is 16.1 Å². The molecule has 0 bridgehead atoms. The predicted molar refractivity (Wildman–Crippen MR) is 83.7 cm³/mol. The van der Waals surface area contributed by atoms with E-state index in [-0.39, 0.29) is 6.10 Å². The van der Waals surface area contributed by atoms with E-state index in [1.165, 1.54) is 16.7 Å². The van der Waals surface area contributed by atoms with Crippen molar-refractivity contribution in [2.24, 2.45) is 0 Å². The lowest BCUT2D eigenvalue weighted by Crippen LogP contribution is -2.16. The molecule has 20 heavy (non-hydrogen) atoms. The molecule has 3 heteroatoms. The minimum absolute atomic E-state index is 0.199. The highest BCUT2D eigenvalue weighted by atomic mass is 35.5. The highest BCUT2D eigenvalue weighted by molar-refractivity contribution is 6.42. The summed E-state index contributed by atoms with van der Waals surface area (Å²) in [5.41, 5.74) is 3.85. The summed E-state index contributed by atoms with van der Waals surface area (Å²) in [5.74, 6) is 0.368. The number of fused-ring (bicyclic) bond motifs is 1. The first-order valence-corrected chi connectivity index (χ1v) is 7.53. The first kappa shape index (κ1) is 13.9. The van der Waals surface area contributed by atoms with E-state index in [1.807, 2.05) is 12.1 Å². The summed E-state index contributed by atoms with van der Waals surface area (Å²) in [5, 5.41) is 1.23. The largest absolute Gasteiger partial charge is 0.377 e. The van der Waals surface area contributed by atoms with Gasteiger partial charge in [0.15, 0.2) is 0 Å². The molecule has 0 radical (unpaired) electrons. The number of hydrogen-bond acceptors (Lipinski definition) is 1. The molecule has 2 aromatic rings. The van der Waals surface area contributed by atoms with Gasteiger partial charge in [-0.1, -0.05) is 53.5 Å². The lowest BCUT2D eigenvalue weighted by Gasteiger charge is -2.31. The smallest absolute Gasteiger partial charge is 0.0824 e. The summed E-state index contributed by atoms with van der Waals surface area (Å²) >= 11 is 12.2. The van der Waals surface area contributed by atoms with Gasteiger partial charge in [0.2, 0.25) is 0 Å². The van der Waals surface area contributed by atoms with Crippen LogP contribution < -0.4 is 0 Å². The molecule has 2 aromatic carbocycles. The summed E-state index contributed by atoms with van der Waals surface area (Å²) in [6.45, 7) is 0. The van der Waals surface area contributed by atoms with Crippen LogP contribution in [0.4, 0.5) is 0 Å². The zero-order valence-electron chi connectivity index (χ0n) is 11.3. The van der Waals surface area contributed by atoms with Gasteiger partial charge in [-0.05, 0) is 41.7 Å². The van der Waals surface area contributed by atoms with Crippen molar-refractivity contribution in [3.05, 3.63) is 69.2 Å². The van der Waals surface area contributed by atoms with Gasteiger partial charge in [-0.3, -0.25) is 0 Å². The van der Waals surface area contributed by atoms with E-state index in [9.17, 15) is 0 Å². The molecule has 0 spiro atoms. The molecule has 2 atom stereocenters. The molecule has 0 saturated heterocycles. The van der Waals surface area contributed by atoms with Crippen molar-refractivity contribution >= 4 is 23.2 Å². The Balaban J connectivity index is 2.05. The van der Waals surface area contributed by atoms with Gasteiger partial charge in [0.25, 0.3) is 0 Å². The Bertz CT molecular complexity index is 624. The number of rotatable bonds is 2. The van der Waals surface area contributed by atoms with Crippen LogP contribution in [0.2, 0.25) is 10.0 Å². The average Bonchev–Trinajstić information content (AvgIpc) is 2.49. The van der Waals surface area contributed by atoms with Gasteiger partial charge in [-0.2, -0.15) is 0 Å². The second-order valence-electron chi connectivity index (χ2n) is 5.16. The van der Waals surface area contributed by atoms with E-state index in [1.54, 1.807) is 7.11 Å². The third kappa shape index (κ3) is 2.46. The van der Waals surface area contributed by atoms with Gasteiger partial charge in [-0.25, -0.2) is 0 Å². The maximum Gasteiger partial charge on any atom is 0.0824 e. The van der Waals surface area contributed by atoms with Gasteiger partial charge < -0.3 is 4.74 Å². The van der Waals surface area contributed by atoms with Crippen molar-refractivity contribution in [1.29, 1.82) is 0 Å². The molecule has 0 saturated carbocycles. The Hall–Kier alpha value is -1.02. The van der Waals surface area contributed by atoms with Crippen LogP contribution in [-0.2, 0) is 4.74 Å². The van der Waals surface area contributed by atoms with Gasteiger partial charge in [-0.15, -0.1) is 0 Å². The molecule has 0 fully saturated rings. The van der Waals surface area contributed by atoms with Crippen LogP contribution in [0.5, 0.6) is 0 Å². The Kier molecular flexibility index (Phi) is 4.02. The number of benzene rings is 2. The van der Waals surface area contributed by atoms with E-state index in [2.05, 4.69) is 30.3 Å². The molecule has 0 aromatic heterocycles. The van der Waals surface area contributed by atoms with Crippen molar-refractivity contribution in [2.75, 3.05) is 7.11 Å². The summed E-state index contributed by atoms with van der Waals surface area (Å²) in [6, 6.07) is 14.4. The summed E-state index contributed by atoms with van der Waals surface area (Å²) in [6.07, 6.45) is 2.29. The minimum atomic E-state index is 0.199. The molecule has 1 unspecified atom stereocenters. The van der Waals surface area contributed by atoms with Crippen LogP contribution in [-0.4, -0.2) is 7.11 Å². The van der Waals surface area contributed by atoms with Crippen molar-refractivity contribution in [3.8, 4) is 0 Å². The Morgan fingerprint density at radius 1 is 0.950 bits per heavy atom. The lowest BCUT2D eigenvalue weighted by atomic mass is 9.78.